The van der Waals surface area contributed by atoms with Crippen LogP contribution in [0, 0.1) is 0 Å². The molecule has 2 aliphatic rings. The highest BCUT2D eigenvalue weighted by Gasteiger charge is 2.32. The molecule has 0 N–H and O–H groups in total. The molecule has 2 heterocycles. The van der Waals surface area contributed by atoms with Crippen LogP contribution in [0.2, 0.25) is 0 Å². The van der Waals surface area contributed by atoms with Crippen molar-refractivity contribution < 1.29 is 4.79 Å². The maximum absolute atomic E-state index is 12.8. The van der Waals surface area contributed by atoms with Crippen LogP contribution in [0.4, 0.5) is 0 Å². The Morgan fingerprint density at radius 3 is 2.52 bits per heavy atom. The second-order valence-corrected chi connectivity index (χ2v) is 8.60. The Morgan fingerprint density at radius 1 is 1.19 bits per heavy atom. The molecular formula is C20H27N5OS. The normalized spacial score (nSPS) is 19.3. The van der Waals surface area contributed by atoms with E-state index in [1.54, 1.807) is 0 Å². The fourth-order valence-corrected chi connectivity index (χ4v) is 4.31. The van der Waals surface area contributed by atoms with Gasteiger partial charge in [-0.2, -0.15) is 0 Å². The molecule has 6 nitrogen and oxygen atoms in total. The Labute approximate surface area is 164 Å². The highest BCUT2D eigenvalue weighted by Crippen LogP contribution is 2.40. The summed E-state index contributed by atoms with van der Waals surface area (Å²) in [6, 6.07) is 10.1. The first-order chi connectivity index (χ1) is 13.2. The number of nitrogens with zero attached hydrogens (tertiary/aromatic N) is 5. The Bertz CT molecular complexity index is 781. The lowest BCUT2D eigenvalue weighted by atomic mass is 10.3. The van der Waals surface area contributed by atoms with E-state index >= 15 is 0 Å². The number of likely N-dealkylation sites (N-methyl/N-ethyl adjacent to an activating group) is 1. The number of hydrogen-bond donors (Lipinski definition) is 0. The number of carbonyl (C=O) groups excluding carboxylic acids is 1. The van der Waals surface area contributed by atoms with Gasteiger partial charge in [0.05, 0.1) is 10.9 Å². The van der Waals surface area contributed by atoms with E-state index in [0.717, 1.165) is 44.2 Å². The molecule has 1 aromatic carbocycles. The summed E-state index contributed by atoms with van der Waals surface area (Å²) in [7, 11) is 0. The number of para-hydroxylation sites is 1. The van der Waals surface area contributed by atoms with Crippen LogP contribution in [0.15, 0.2) is 35.5 Å². The summed E-state index contributed by atoms with van der Waals surface area (Å²) in [5, 5.41) is 5.26. The summed E-state index contributed by atoms with van der Waals surface area (Å²) in [5.41, 5.74) is 1.04. The fraction of sp³-hybridized carbons (Fsp3) is 0.550. The average Bonchev–Trinajstić information content (AvgIpc) is 3.48. The zero-order chi connectivity index (χ0) is 18.8. The van der Waals surface area contributed by atoms with Crippen molar-refractivity contribution in [2.75, 3.05) is 32.7 Å². The first-order valence-electron chi connectivity index (χ1n) is 9.86. The minimum absolute atomic E-state index is 0.170. The highest BCUT2D eigenvalue weighted by atomic mass is 32.2. The van der Waals surface area contributed by atoms with Gasteiger partial charge in [-0.05, 0) is 38.4 Å². The smallest absolute Gasteiger partial charge is 0.235 e. The third-order valence-corrected chi connectivity index (χ3v) is 6.26. The maximum Gasteiger partial charge on any atom is 0.235 e. The molecule has 1 aliphatic heterocycles. The average molecular weight is 386 g/mol. The molecule has 1 amide bonds. The summed E-state index contributed by atoms with van der Waals surface area (Å²) in [5.74, 6) is 1.72. The molecule has 0 bridgehead atoms. The van der Waals surface area contributed by atoms with E-state index in [9.17, 15) is 4.79 Å². The summed E-state index contributed by atoms with van der Waals surface area (Å²) >= 11 is 1.48. The second-order valence-electron chi connectivity index (χ2n) is 7.29. The van der Waals surface area contributed by atoms with Crippen LogP contribution in [0.5, 0.6) is 0 Å². The molecule has 1 saturated heterocycles. The number of benzene rings is 1. The molecule has 0 unspecified atom stereocenters. The Hall–Kier alpha value is -1.86. The molecule has 0 spiro atoms. The Balaban J connectivity index is 1.45. The molecular weight excluding hydrogens is 358 g/mol. The zero-order valence-corrected chi connectivity index (χ0v) is 16.9. The summed E-state index contributed by atoms with van der Waals surface area (Å²) < 4.78 is 1.96. The molecule has 27 heavy (non-hydrogen) atoms. The van der Waals surface area contributed by atoms with Crippen molar-refractivity contribution in [3.63, 3.8) is 0 Å². The number of carbonyl (C=O) groups is 1. The van der Waals surface area contributed by atoms with E-state index in [4.69, 9.17) is 10.1 Å². The van der Waals surface area contributed by atoms with Crippen molar-refractivity contribution in [2.45, 2.75) is 43.0 Å². The number of aromatic nitrogens is 3. The predicted octanol–water partition coefficient (Wildman–Crippen LogP) is 2.79. The van der Waals surface area contributed by atoms with Crippen molar-refractivity contribution in [3.8, 4) is 5.69 Å². The van der Waals surface area contributed by atoms with E-state index in [2.05, 4.69) is 24.0 Å². The molecule has 1 aliphatic carbocycles. The maximum atomic E-state index is 12.8. The van der Waals surface area contributed by atoms with Crippen molar-refractivity contribution in [2.24, 2.45) is 0 Å². The van der Waals surface area contributed by atoms with Gasteiger partial charge in [-0.1, -0.05) is 36.9 Å². The quantitative estimate of drug-likeness (QED) is 0.716. The number of hydrogen-bond acceptors (Lipinski definition) is 5. The summed E-state index contributed by atoms with van der Waals surface area (Å²) in [4.78, 5) is 22.0. The van der Waals surface area contributed by atoms with Gasteiger partial charge in [0.25, 0.3) is 0 Å². The number of amides is 1. The van der Waals surface area contributed by atoms with Gasteiger partial charge >= 0.3 is 0 Å². The Kier molecular flexibility index (Phi) is 5.50. The highest BCUT2D eigenvalue weighted by molar-refractivity contribution is 8.00. The fourth-order valence-electron chi connectivity index (χ4n) is 3.47. The first-order valence-corrected chi connectivity index (χ1v) is 10.7. The van der Waals surface area contributed by atoms with Gasteiger partial charge in [-0.25, -0.2) is 9.67 Å². The van der Waals surface area contributed by atoms with E-state index in [1.165, 1.54) is 24.6 Å². The van der Waals surface area contributed by atoms with Gasteiger partial charge < -0.3 is 9.80 Å². The molecule has 1 saturated carbocycles. The van der Waals surface area contributed by atoms with E-state index in [0.29, 0.717) is 11.1 Å². The first kappa shape index (κ1) is 18.5. The van der Waals surface area contributed by atoms with Gasteiger partial charge in [-0.3, -0.25) is 4.79 Å². The van der Waals surface area contributed by atoms with Crippen LogP contribution in [0.1, 0.15) is 38.4 Å². The topological polar surface area (TPSA) is 54.3 Å². The van der Waals surface area contributed by atoms with E-state index in [1.807, 2.05) is 34.7 Å². The predicted molar refractivity (Wildman–Crippen MR) is 107 cm³/mol. The third kappa shape index (κ3) is 4.19. The van der Waals surface area contributed by atoms with Gasteiger partial charge in [0, 0.05) is 32.1 Å². The number of rotatable bonds is 6. The number of thioether (sulfide) groups is 1. The van der Waals surface area contributed by atoms with Crippen LogP contribution in [-0.2, 0) is 4.79 Å². The van der Waals surface area contributed by atoms with Crippen molar-refractivity contribution in [1.82, 2.24) is 24.6 Å². The molecule has 1 aromatic heterocycles. The minimum Gasteiger partial charge on any atom is -0.339 e. The molecule has 2 aromatic rings. The van der Waals surface area contributed by atoms with E-state index < -0.39 is 0 Å². The monoisotopic (exact) mass is 385 g/mol. The lowest BCUT2D eigenvalue weighted by Crippen LogP contribution is -2.50. The van der Waals surface area contributed by atoms with Crippen molar-refractivity contribution in [3.05, 3.63) is 36.2 Å². The third-order valence-electron chi connectivity index (χ3n) is 5.32. The van der Waals surface area contributed by atoms with Crippen molar-refractivity contribution in [1.29, 1.82) is 0 Å². The van der Waals surface area contributed by atoms with Gasteiger partial charge in [0.15, 0.2) is 0 Å². The van der Waals surface area contributed by atoms with Gasteiger partial charge in [0.1, 0.15) is 5.82 Å². The van der Waals surface area contributed by atoms with Crippen LogP contribution < -0.4 is 0 Å². The largest absolute Gasteiger partial charge is 0.339 e. The molecule has 0 radical (unpaired) electrons. The van der Waals surface area contributed by atoms with E-state index in [-0.39, 0.29) is 11.2 Å². The minimum atomic E-state index is -0.170. The SMILES string of the molecule is CCN1CCN(C(=O)[C@@H](C)Sc2nc(C3CC3)n(-c3ccccc3)n2)CC1. The molecule has 1 atom stereocenters. The van der Waals surface area contributed by atoms with Gasteiger partial charge in [-0.15, -0.1) is 5.10 Å². The molecule has 144 valence electrons. The molecule has 7 heteroatoms. The van der Waals surface area contributed by atoms with Crippen LogP contribution >= 0.6 is 11.8 Å². The lowest BCUT2D eigenvalue weighted by molar-refractivity contribution is -0.132. The van der Waals surface area contributed by atoms with Gasteiger partial charge in [0.2, 0.25) is 11.1 Å². The summed E-state index contributed by atoms with van der Waals surface area (Å²) in [6.07, 6.45) is 2.34. The molecule has 4 rings (SSSR count). The van der Waals surface area contributed by atoms with Crippen LogP contribution in [0.3, 0.4) is 0 Å². The second kappa shape index (κ2) is 8.02. The standard InChI is InChI=1S/C20H27N5OS/c1-3-23-11-13-24(14-12-23)19(26)15(2)27-20-21-18(16-9-10-16)25(22-20)17-7-5-4-6-8-17/h4-8,15-16H,3,9-14H2,1-2H3/t15-/m1/s1. The van der Waals surface area contributed by atoms with Crippen LogP contribution in [-0.4, -0.2) is 68.4 Å². The van der Waals surface area contributed by atoms with Crippen LogP contribution in [0.25, 0.3) is 5.69 Å². The Morgan fingerprint density at radius 2 is 1.89 bits per heavy atom. The molecule has 2 fully saturated rings. The number of piperazine rings is 1. The zero-order valence-electron chi connectivity index (χ0n) is 16.0. The summed E-state index contributed by atoms with van der Waals surface area (Å²) in [6.45, 7) is 8.75. The van der Waals surface area contributed by atoms with Crippen molar-refractivity contribution >= 4 is 17.7 Å². The lowest BCUT2D eigenvalue weighted by Gasteiger charge is -2.35.